The molecule has 2 fully saturated rings. The van der Waals surface area contributed by atoms with Crippen LogP contribution in [-0.4, -0.2) is 107 Å². The number of aromatic nitrogens is 4. The number of ether oxygens (including phenoxy) is 1. The smallest absolute Gasteiger partial charge is 0.277 e. The first kappa shape index (κ1) is 48.8. The van der Waals surface area contributed by atoms with Crippen molar-refractivity contribution in [3.63, 3.8) is 0 Å². The number of nitrogens with two attached hydrogens (primary N) is 2. The summed E-state index contributed by atoms with van der Waals surface area (Å²) in [5.41, 5.74) is 14.8. The summed E-state index contributed by atoms with van der Waals surface area (Å²) >= 11 is 6.00. The number of fused-ring (bicyclic) bond motifs is 1. The van der Waals surface area contributed by atoms with Crippen LogP contribution in [0.3, 0.4) is 0 Å². The zero-order valence-corrected chi connectivity index (χ0v) is 38.6. The molecule has 2 aliphatic rings. The first-order valence-electron chi connectivity index (χ1n) is 21.5. The highest BCUT2D eigenvalue weighted by atomic mass is 35.5. The lowest BCUT2D eigenvalue weighted by molar-refractivity contribution is -0.676. The zero-order chi connectivity index (χ0) is 44.7. The van der Waals surface area contributed by atoms with Gasteiger partial charge in [0.2, 0.25) is 0 Å². The molecule has 0 spiro atoms. The van der Waals surface area contributed by atoms with E-state index in [1.165, 1.54) is 0 Å². The Balaban J connectivity index is 0.00000748. The van der Waals surface area contributed by atoms with E-state index in [2.05, 4.69) is 78.4 Å². The molecule has 0 radical (unpaired) electrons. The monoisotopic (exact) mass is 908 g/mol. The summed E-state index contributed by atoms with van der Waals surface area (Å²) < 4.78 is 10.2. The second-order valence-electron chi connectivity index (χ2n) is 16.7. The molecule has 2 aromatic heterocycles. The summed E-state index contributed by atoms with van der Waals surface area (Å²) in [6.45, 7) is 5.36. The average Bonchev–Trinajstić information content (AvgIpc) is 3.57. The van der Waals surface area contributed by atoms with Crippen molar-refractivity contribution in [1.29, 1.82) is 0 Å². The minimum Gasteiger partial charge on any atom is -1.00 e. The minimum atomic E-state index is -0.539. The van der Waals surface area contributed by atoms with Gasteiger partial charge in [-0.25, -0.2) is 19.1 Å². The third-order valence-electron chi connectivity index (χ3n) is 12.2. The van der Waals surface area contributed by atoms with E-state index < -0.39 is 5.91 Å². The number of carbonyl (C=O) groups excluding carboxylic acids is 4. The molecule has 19 heteroatoms. The van der Waals surface area contributed by atoms with Crippen molar-refractivity contribution in [2.75, 3.05) is 46.3 Å². The molecule has 63 heavy (non-hydrogen) atoms. The number of anilines is 2. The van der Waals surface area contributed by atoms with Gasteiger partial charge in [0.25, 0.3) is 29.5 Å². The van der Waals surface area contributed by atoms with Gasteiger partial charge in [0.1, 0.15) is 12.3 Å². The molecule has 0 atom stereocenters. The van der Waals surface area contributed by atoms with Gasteiger partial charge in [0, 0.05) is 41.8 Å². The largest absolute Gasteiger partial charge is 1.00 e. The fourth-order valence-corrected chi connectivity index (χ4v) is 8.78. The number of nitrogens with one attached hydrogen (secondary N) is 4. The third kappa shape index (κ3) is 12.1. The van der Waals surface area contributed by atoms with Crippen LogP contribution in [0.1, 0.15) is 108 Å². The molecule has 2 aliphatic carbocycles. The molecule has 6 rings (SSSR count). The zero-order valence-electron chi connectivity index (χ0n) is 37.1. The van der Waals surface area contributed by atoms with Gasteiger partial charge < -0.3 is 59.7 Å². The van der Waals surface area contributed by atoms with Crippen molar-refractivity contribution >= 4 is 57.9 Å². The molecule has 342 valence electrons. The third-order valence-corrected chi connectivity index (χ3v) is 12.5. The molecule has 0 saturated heterocycles. The quantitative estimate of drug-likeness (QED) is 0.0847. The summed E-state index contributed by atoms with van der Waals surface area (Å²) in [5, 5.41) is 12.1. The van der Waals surface area contributed by atoms with Crippen molar-refractivity contribution < 1.29 is 40.9 Å². The fraction of sp³-hybridized carbons (Fsp3) is 0.523. The molecule has 8 N–H and O–H groups in total. The van der Waals surface area contributed by atoms with E-state index in [4.69, 9.17) is 27.8 Å². The second-order valence-corrected chi connectivity index (χ2v) is 17.1. The van der Waals surface area contributed by atoms with E-state index in [-0.39, 0.29) is 90.1 Å². The topological polar surface area (TPSA) is 219 Å². The maximum Gasteiger partial charge on any atom is 0.277 e. The average molecular weight is 910 g/mol. The van der Waals surface area contributed by atoms with Gasteiger partial charge in [-0.05, 0) is 129 Å². The second kappa shape index (κ2) is 21.9. The van der Waals surface area contributed by atoms with Crippen molar-refractivity contribution in [2.24, 2.45) is 0 Å². The lowest BCUT2D eigenvalue weighted by Gasteiger charge is -2.33. The maximum absolute atomic E-state index is 13.7. The first-order valence-corrected chi connectivity index (χ1v) is 21.9. The Kier molecular flexibility index (Phi) is 17.0. The molecule has 4 aromatic rings. The van der Waals surface area contributed by atoms with Crippen LogP contribution in [0, 0.1) is 0 Å². The summed E-state index contributed by atoms with van der Waals surface area (Å²) in [7, 11) is 8.33. The molecule has 4 amide bonds. The maximum atomic E-state index is 13.7. The Labute approximate surface area is 380 Å². The Hall–Kier alpha value is -5.23. The highest BCUT2D eigenvalue weighted by Gasteiger charge is 2.28. The number of aryl methyl sites for hydroxylation is 2. The highest BCUT2D eigenvalue weighted by Crippen LogP contribution is 2.26. The highest BCUT2D eigenvalue weighted by molar-refractivity contribution is 6.31. The van der Waals surface area contributed by atoms with Crippen molar-refractivity contribution in [3.05, 3.63) is 69.8 Å². The van der Waals surface area contributed by atoms with E-state index in [1.807, 2.05) is 32.0 Å². The van der Waals surface area contributed by atoms with Gasteiger partial charge in [0.05, 0.1) is 13.1 Å². The number of rotatable bonds is 16. The van der Waals surface area contributed by atoms with Crippen molar-refractivity contribution in [2.45, 2.75) is 116 Å². The molecule has 2 aromatic carbocycles. The van der Waals surface area contributed by atoms with E-state index in [0.29, 0.717) is 36.3 Å². The Morgan fingerprint density at radius 1 is 0.778 bits per heavy atom. The van der Waals surface area contributed by atoms with Gasteiger partial charge in [-0.3, -0.25) is 19.2 Å². The van der Waals surface area contributed by atoms with Crippen LogP contribution in [0.4, 0.5) is 11.6 Å². The number of carbonyl (C=O) groups is 4. The van der Waals surface area contributed by atoms with E-state index in [9.17, 15) is 19.2 Å². The molecule has 2 saturated carbocycles. The van der Waals surface area contributed by atoms with Crippen LogP contribution >= 0.6 is 11.6 Å². The predicted octanol–water partition coefficient (Wildman–Crippen LogP) is 0.411. The van der Waals surface area contributed by atoms with Crippen LogP contribution in [0.2, 0.25) is 5.15 Å². The normalized spacial score (nSPS) is 18.7. The number of nitrogens with zero attached hydrogens (tertiary/aromatic N) is 6. The van der Waals surface area contributed by atoms with Crippen LogP contribution in [-0.2, 0) is 31.0 Å². The van der Waals surface area contributed by atoms with Gasteiger partial charge in [-0.15, -0.1) is 0 Å². The van der Waals surface area contributed by atoms with E-state index in [1.54, 1.807) is 18.2 Å². The van der Waals surface area contributed by atoms with Crippen molar-refractivity contribution in [1.82, 2.24) is 45.6 Å². The number of imidazole rings is 1. The first-order chi connectivity index (χ1) is 29.6. The Bertz CT molecular complexity index is 2210. The molecular weight excluding hydrogens is 847 g/mol. The molecular formula is C44H62Cl2N12O5. The van der Waals surface area contributed by atoms with Crippen molar-refractivity contribution in [3.8, 4) is 5.75 Å². The van der Waals surface area contributed by atoms with Crippen LogP contribution in [0.25, 0.3) is 11.0 Å². The lowest BCUT2D eigenvalue weighted by atomic mass is 9.90. The van der Waals surface area contributed by atoms with Crippen LogP contribution < -0.4 is 54.4 Å². The standard InChI is InChI=1S/C44H61ClN12O5.ClH/c1-7-56-34-18-9-26(19-35(34)57(8-2)37(56)24-49-44(61)38-40(46)53-41(47)39(45)52-38)23-48-36(58)25-62-33-21-27(42(59)50-29-10-14-31(15-11-29)54(3)4)20-28(22-33)43(60)51-30-12-16-32(17-13-30)55(5)6;/h9,18-22,29-32H,7-8,10-17,23-25H2,1-6H3,(H7-,46,47,48,49,50,51,53,58,59,60,61);1H. The molecule has 2 heterocycles. The SMILES string of the molecule is CCn1c(CNC(=O)c2nc(Cl)c(N)nc2N)[n+](CC)c2ccc(CNC(=O)COc3cc(C(=O)NC4CCC(N(C)C)CC4)cc(C(=O)NC4CCC(N(C)C)CC4)c3)cc21.[Cl-]. The molecule has 0 unspecified atom stereocenters. The van der Waals surface area contributed by atoms with Crippen LogP contribution in [0.5, 0.6) is 5.75 Å². The molecule has 0 bridgehead atoms. The summed E-state index contributed by atoms with van der Waals surface area (Å²) in [6.07, 6.45) is 7.46. The van der Waals surface area contributed by atoms with Crippen LogP contribution in [0.15, 0.2) is 36.4 Å². The number of halogens is 2. The number of hydrogen-bond donors (Lipinski definition) is 6. The van der Waals surface area contributed by atoms with Gasteiger partial charge in [-0.1, -0.05) is 17.7 Å². The fourth-order valence-electron chi connectivity index (χ4n) is 8.65. The molecule has 0 aliphatic heterocycles. The summed E-state index contributed by atoms with van der Waals surface area (Å²) in [6, 6.07) is 11.8. The number of amides is 4. The van der Waals surface area contributed by atoms with E-state index >= 15 is 0 Å². The summed E-state index contributed by atoms with van der Waals surface area (Å²) in [5.74, 6) is -0.538. The summed E-state index contributed by atoms with van der Waals surface area (Å²) in [4.78, 5) is 66.0. The van der Waals surface area contributed by atoms with E-state index in [0.717, 1.165) is 73.8 Å². The lowest BCUT2D eigenvalue weighted by Crippen LogP contribution is -3.00. The minimum absolute atomic E-state index is 0. The number of nitrogen functional groups attached to an aromatic ring is 2. The Morgan fingerprint density at radius 3 is 1.87 bits per heavy atom. The Morgan fingerprint density at radius 2 is 1.35 bits per heavy atom. The number of hydrogen-bond acceptors (Lipinski definition) is 11. The molecule has 17 nitrogen and oxygen atoms in total. The number of benzene rings is 2. The predicted molar refractivity (Wildman–Crippen MR) is 239 cm³/mol. The van der Waals surface area contributed by atoms with Gasteiger partial charge in [-0.2, -0.15) is 0 Å². The van der Waals surface area contributed by atoms with Gasteiger partial charge in [0.15, 0.2) is 40.1 Å². The van der Waals surface area contributed by atoms with Gasteiger partial charge >= 0.3 is 0 Å².